The topological polar surface area (TPSA) is 1110 Å². The molecule has 0 heterocycles. The first-order chi connectivity index (χ1) is 61.8. The average Bonchev–Trinajstić information content (AvgIpc) is 0.797. The highest BCUT2D eigenvalue weighted by atomic mass is 16.4. The molecule has 0 saturated carbocycles. The molecule has 708 valence electrons. The van der Waals surface area contributed by atoms with Crippen molar-refractivity contribution in [3.05, 3.63) is 127 Å². The first-order valence-corrected chi connectivity index (χ1v) is 34.2. The van der Waals surface area contributed by atoms with E-state index in [1.165, 1.54) is 0 Å². The van der Waals surface area contributed by atoms with E-state index < -0.39 is 389 Å². The van der Waals surface area contributed by atoms with Crippen molar-refractivity contribution in [3.8, 4) is 287 Å². The summed E-state index contributed by atoms with van der Waals surface area (Å²) >= 11 is 0. The van der Waals surface area contributed by atoms with E-state index in [1.54, 1.807) is 0 Å². The fourth-order valence-electron chi connectivity index (χ4n) is 10.9. The molecule has 12 rings (SSSR count). The van der Waals surface area contributed by atoms with Crippen molar-refractivity contribution >= 4 is 34.7 Å². The Balaban J connectivity index is 0.000000219. The van der Waals surface area contributed by atoms with Crippen LogP contribution in [0.2, 0.25) is 0 Å². The van der Waals surface area contributed by atoms with E-state index in [0.29, 0.717) is 24.3 Å². The molecule has 0 aliphatic rings. The largest absolute Gasteiger partial charge is 0.508 e. The number of benzene rings is 12. The molecule has 0 fully saturated rings. The summed E-state index contributed by atoms with van der Waals surface area (Å²) < 4.78 is 0. The lowest BCUT2D eigenvalue weighted by atomic mass is 9.97. The average molecular weight is 1890 g/mol. The maximum Gasteiger partial charge on any atom is 0.208 e. The maximum atomic E-state index is 12.3. The van der Waals surface area contributed by atoms with E-state index in [2.05, 4.69) is 0 Å². The zero-order valence-electron chi connectivity index (χ0n) is 64.6. The van der Waals surface area contributed by atoms with Gasteiger partial charge in [0.25, 0.3) is 0 Å². The van der Waals surface area contributed by atoms with Crippen molar-refractivity contribution in [2.75, 3.05) is 0 Å². The van der Waals surface area contributed by atoms with Crippen LogP contribution in [0.15, 0.2) is 60.7 Å². The van der Waals surface area contributed by atoms with Gasteiger partial charge in [0.1, 0.15) is 61.9 Å². The zero-order valence-corrected chi connectivity index (χ0v) is 64.6. The van der Waals surface area contributed by atoms with Crippen LogP contribution in [0.5, 0.6) is 287 Å². The van der Waals surface area contributed by atoms with Gasteiger partial charge >= 0.3 is 0 Å². The quantitative estimate of drug-likeness (QED) is 0.0475. The Hall–Kier alpha value is -21.3. The van der Waals surface area contributed by atoms with Crippen LogP contribution in [0.3, 0.4) is 0 Å². The summed E-state index contributed by atoms with van der Waals surface area (Å²) in [6.45, 7) is 0. The Morgan fingerprint density at radius 2 is 0.291 bits per heavy atom. The summed E-state index contributed by atoms with van der Waals surface area (Å²) in [4.78, 5) is 73.4. The summed E-state index contributed by atoms with van der Waals surface area (Å²) in [5.74, 6) is -65.7. The summed E-state index contributed by atoms with van der Waals surface area (Å²) in [5, 5.41) is 472. The van der Waals surface area contributed by atoms with Gasteiger partial charge in [0.05, 0.1) is 27.8 Å². The van der Waals surface area contributed by atoms with Gasteiger partial charge in [0, 0.05) is 24.3 Å². The van der Waals surface area contributed by atoms with E-state index >= 15 is 0 Å². The van der Waals surface area contributed by atoms with Crippen molar-refractivity contribution < 1.29 is 284 Å². The fourth-order valence-corrected chi connectivity index (χ4v) is 10.9. The fraction of sp³-hybridized carbons (Fsp3) is 0. The smallest absolute Gasteiger partial charge is 0.208 e. The number of carbonyl (C=O) groups is 6. The van der Waals surface area contributed by atoms with Gasteiger partial charge < -0.3 is 255 Å². The molecule has 0 saturated heterocycles. The lowest BCUT2D eigenvalue weighted by Crippen LogP contribution is -2.04. The number of ketones is 6. The zero-order chi connectivity index (χ0) is 102. The minimum atomic E-state index is -1.53. The lowest BCUT2D eigenvalue weighted by Gasteiger charge is -2.13. The molecule has 0 aliphatic heterocycles. The van der Waals surface area contributed by atoms with Gasteiger partial charge in [0.2, 0.25) is 161 Å². The first-order valence-electron chi connectivity index (χ1n) is 34.2. The van der Waals surface area contributed by atoms with Crippen molar-refractivity contribution in [1.29, 1.82) is 0 Å². The highest BCUT2D eigenvalue weighted by molar-refractivity contribution is 6.20. The SMILES string of the molecule is O=C(c1c(O)cc(O)c(O)c1O)c1c(O)c(O)c(O)c(O)c1O.O=C(c1cc(O)c(O)c(O)c1O)c1c(O)c(O)c(O)c(O)c1O.O=C(c1cc(O)c(O)cc1O)c1c(O)c(O)c(O)c(O)c1O.O=C(c1cc(O)cc(O)c1O)c1c(O)c(O)c(O)c(O)c1O.O=C(c1cc(O)cc(O)c1O)c1c(O)c(O)c(O)c(O)c1O.O=C(c1ccc(O)c(O)c1O)c1c(O)c(O)c(O)c(O)c1O. The number of hydrogen-bond donors (Lipinski definition) is 50. The van der Waals surface area contributed by atoms with Crippen molar-refractivity contribution in [2.24, 2.45) is 0 Å². The summed E-state index contributed by atoms with van der Waals surface area (Å²) in [5.41, 5.74) is -11.1. The molecular formula is C78H60O56. The van der Waals surface area contributed by atoms with Crippen molar-refractivity contribution in [2.45, 2.75) is 0 Å². The molecule has 0 unspecified atom stereocenters. The normalized spacial score (nSPS) is 10.6. The molecule has 0 spiro atoms. The molecule has 56 nitrogen and oxygen atoms in total. The molecule has 0 atom stereocenters. The number of rotatable bonds is 12. The highest BCUT2D eigenvalue weighted by Gasteiger charge is 2.39. The summed E-state index contributed by atoms with van der Waals surface area (Å²) in [7, 11) is 0. The minimum absolute atomic E-state index is 0.497. The Labute approximate surface area is 731 Å². The molecule has 0 amide bonds. The second-order valence-corrected chi connectivity index (χ2v) is 26.1. The van der Waals surface area contributed by atoms with Gasteiger partial charge in [-0.2, -0.15) is 0 Å². The van der Waals surface area contributed by atoms with Crippen molar-refractivity contribution in [3.63, 3.8) is 0 Å². The summed E-state index contributed by atoms with van der Waals surface area (Å²) in [6, 6.07) is 6.92. The van der Waals surface area contributed by atoms with Gasteiger partial charge in [-0.05, 0) is 36.4 Å². The Bertz CT molecular complexity index is 6590. The second kappa shape index (κ2) is 36.8. The standard InChI is InChI=1S/2C13H10O10.4C13H10O9/c14-3-1-2(6(16)10(20)7(3)17)5(15)4-8(18)11(21)13(23)12(22)9(4)19;14-2-1-3(15)6(16)8(18)4(2)7(17)5-9(19)11(21)13(23)12(22)10(5)20;14-4-2-6(16)5(15)1-3(4)8(17)7-9(18)11(20)13(22)12(21)10(7)19;2*14-3-1-4(7(16)5(15)2-3)8(17)6-9(18)11(20)13(22)12(21)10(6)19;14-4-2-1-3(7(16)8(4)17)6(15)5-9(18)11(20)13(22)12(21)10(5)19/h1,14,16-23H;1,14-16,18-23H;3*1-2,14-16,18-22H;1-2,14,16-22H. The van der Waals surface area contributed by atoms with Gasteiger partial charge in [-0.3, -0.25) is 28.8 Å². The second-order valence-electron chi connectivity index (χ2n) is 26.1. The van der Waals surface area contributed by atoms with Crippen molar-refractivity contribution in [1.82, 2.24) is 0 Å². The Morgan fingerprint density at radius 1 is 0.112 bits per heavy atom. The molecule has 56 heteroatoms. The van der Waals surface area contributed by atoms with Crippen LogP contribution in [0.25, 0.3) is 0 Å². The molecule has 0 aromatic heterocycles. The maximum absolute atomic E-state index is 12.3. The minimum Gasteiger partial charge on any atom is -0.508 e. The van der Waals surface area contributed by atoms with E-state index in [9.17, 15) is 284 Å². The van der Waals surface area contributed by atoms with Gasteiger partial charge in [0.15, 0.2) is 138 Å². The van der Waals surface area contributed by atoms with Gasteiger partial charge in [-0.25, -0.2) is 0 Å². The van der Waals surface area contributed by atoms with Crippen LogP contribution in [-0.2, 0) is 0 Å². The van der Waals surface area contributed by atoms with Crippen LogP contribution < -0.4 is 0 Å². The Morgan fingerprint density at radius 3 is 0.582 bits per heavy atom. The molecule has 0 bridgehead atoms. The number of hydrogen-bond acceptors (Lipinski definition) is 56. The third kappa shape index (κ3) is 17.5. The van der Waals surface area contributed by atoms with Crippen LogP contribution in [0.1, 0.15) is 95.5 Å². The number of phenolic OH excluding ortho intramolecular Hbond substituents is 50. The highest BCUT2D eigenvalue weighted by Crippen LogP contribution is 2.60. The molecule has 12 aromatic carbocycles. The summed E-state index contributed by atoms with van der Waals surface area (Å²) in [6.07, 6.45) is 0. The number of aromatic hydroxyl groups is 50. The first kappa shape index (κ1) is 99.8. The molecule has 12 aromatic rings. The van der Waals surface area contributed by atoms with E-state index in [-0.39, 0.29) is 0 Å². The number of carbonyl (C=O) groups excluding carboxylic acids is 6. The van der Waals surface area contributed by atoms with E-state index in [0.717, 1.165) is 36.4 Å². The van der Waals surface area contributed by atoms with Crippen LogP contribution in [0.4, 0.5) is 0 Å². The van der Waals surface area contributed by atoms with E-state index in [1.807, 2.05) is 0 Å². The number of phenols is 50. The third-order valence-electron chi connectivity index (χ3n) is 17.9. The van der Waals surface area contributed by atoms with Crippen LogP contribution in [0, 0.1) is 0 Å². The molecule has 134 heavy (non-hydrogen) atoms. The Kier molecular flexibility index (Phi) is 27.4. The predicted molar refractivity (Wildman–Crippen MR) is 421 cm³/mol. The van der Waals surface area contributed by atoms with Crippen LogP contribution in [-0.4, -0.2) is 290 Å². The predicted octanol–water partition coefficient (Wildman–Crippen LogP) is 2.79. The van der Waals surface area contributed by atoms with Gasteiger partial charge in [-0.15, -0.1) is 0 Å². The molecule has 50 N–H and O–H groups in total. The van der Waals surface area contributed by atoms with Gasteiger partial charge in [-0.1, -0.05) is 0 Å². The molecule has 0 aliphatic carbocycles. The van der Waals surface area contributed by atoms with Crippen LogP contribution >= 0.6 is 0 Å². The van der Waals surface area contributed by atoms with E-state index in [4.69, 9.17) is 0 Å². The third-order valence-corrected chi connectivity index (χ3v) is 17.9. The lowest BCUT2D eigenvalue weighted by molar-refractivity contribution is 0.101. The monoisotopic (exact) mass is 1890 g/mol. The molecule has 0 radical (unpaired) electrons. The molecular weight excluding hydrogens is 1830 g/mol.